The Morgan fingerprint density at radius 2 is 2.00 bits per heavy atom. The molecule has 0 aromatic carbocycles. The maximum Gasteiger partial charge on any atom is 0.216 e. The summed E-state index contributed by atoms with van der Waals surface area (Å²) < 4.78 is 4.97. The van der Waals surface area contributed by atoms with Crippen LogP contribution >= 0.6 is 6.49 Å². The van der Waals surface area contributed by atoms with E-state index in [0.29, 0.717) is 6.61 Å². The van der Waals surface area contributed by atoms with Crippen molar-refractivity contribution < 1.29 is 14.2 Å². The fraction of sp³-hybridized carbons (Fsp3) is 0.889. The van der Waals surface area contributed by atoms with Crippen LogP contribution in [0.3, 0.4) is 0 Å². The van der Waals surface area contributed by atoms with E-state index >= 15 is 0 Å². The van der Waals surface area contributed by atoms with E-state index < -0.39 is 6.49 Å². The highest BCUT2D eigenvalue weighted by molar-refractivity contribution is 8.08. The van der Waals surface area contributed by atoms with Crippen molar-refractivity contribution in [2.45, 2.75) is 32.6 Å². The maximum atomic E-state index is 11.0. The van der Waals surface area contributed by atoms with Crippen molar-refractivity contribution in [1.29, 1.82) is 0 Å². The van der Waals surface area contributed by atoms with Crippen molar-refractivity contribution in [2.75, 3.05) is 19.8 Å². The third-order valence-electron chi connectivity index (χ3n) is 1.77. The summed E-state index contributed by atoms with van der Waals surface area (Å²) in [6.07, 6.45) is 3.88. The standard InChI is InChI=1S/C9H20NO3PS/c1-9(11)10-7-5-3-4-6-8-13-14(2,12)15/h3-8H2,1-2H3,(H,10,11)(H,12,15)/p-1. The van der Waals surface area contributed by atoms with Crippen molar-refractivity contribution in [3.05, 3.63) is 0 Å². The van der Waals surface area contributed by atoms with Crippen LogP contribution in [0, 0.1) is 0 Å². The summed E-state index contributed by atoms with van der Waals surface area (Å²) in [4.78, 5) is 21.5. The van der Waals surface area contributed by atoms with E-state index in [-0.39, 0.29) is 5.91 Å². The van der Waals surface area contributed by atoms with Gasteiger partial charge in [-0.15, -0.1) is 0 Å². The molecule has 0 aliphatic carbocycles. The molecule has 1 atom stereocenters. The van der Waals surface area contributed by atoms with Crippen molar-refractivity contribution >= 4 is 24.2 Å². The molecule has 1 N–H and O–H groups in total. The molecule has 1 unspecified atom stereocenters. The van der Waals surface area contributed by atoms with Gasteiger partial charge in [0.1, 0.15) is 0 Å². The zero-order valence-electron chi connectivity index (χ0n) is 9.32. The maximum absolute atomic E-state index is 11.0. The molecule has 0 aromatic rings. The zero-order chi connectivity index (χ0) is 11.7. The predicted octanol–water partition coefficient (Wildman–Crippen LogP) is 0.999. The Labute approximate surface area is 96.6 Å². The minimum absolute atomic E-state index is 0.0105. The summed E-state index contributed by atoms with van der Waals surface area (Å²) in [6.45, 7) is 1.44. The molecule has 0 aromatic heterocycles. The highest BCUT2D eigenvalue weighted by Gasteiger charge is 1.95. The monoisotopic (exact) mass is 252 g/mol. The quantitative estimate of drug-likeness (QED) is 0.517. The lowest BCUT2D eigenvalue weighted by Crippen LogP contribution is -2.20. The molecule has 0 aliphatic rings. The molecule has 0 fully saturated rings. The second-order valence-corrected chi connectivity index (χ2v) is 7.29. The van der Waals surface area contributed by atoms with Gasteiger partial charge in [-0.25, -0.2) is 0 Å². The Kier molecular flexibility index (Phi) is 8.24. The Hall–Kier alpha value is 0.0400. The minimum atomic E-state index is -2.71. The molecule has 0 rings (SSSR count). The summed E-state index contributed by atoms with van der Waals surface area (Å²) in [6, 6.07) is 0. The molecule has 0 bridgehead atoms. The van der Waals surface area contributed by atoms with Gasteiger partial charge >= 0.3 is 0 Å². The van der Waals surface area contributed by atoms with Crippen LogP contribution in [0.4, 0.5) is 0 Å². The molecule has 0 saturated heterocycles. The average Bonchev–Trinajstić information content (AvgIpc) is 2.07. The van der Waals surface area contributed by atoms with Gasteiger partial charge in [-0.05, 0) is 26.0 Å². The lowest BCUT2D eigenvalue weighted by Gasteiger charge is -2.22. The van der Waals surface area contributed by atoms with E-state index in [1.54, 1.807) is 0 Å². The molecular formula is C9H19NO3PS-. The van der Waals surface area contributed by atoms with E-state index in [1.165, 1.54) is 13.6 Å². The Bertz CT molecular complexity index is 229. The third-order valence-corrected chi connectivity index (χ3v) is 2.74. The fourth-order valence-corrected chi connectivity index (χ4v) is 1.76. The van der Waals surface area contributed by atoms with E-state index in [1.807, 2.05) is 0 Å². The average molecular weight is 252 g/mol. The highest BCUT2D eigenvalue weighted by atomic mass is 32.5. The fourth-order valence-electron chi connectivity index (χ4n) is 1.08. The van der Waals surface area contributed by atoms with Crippen LogP contribution in [0.1, 0.15) is 32.6 Å². The van der Waals surface area contributed by atoms with Gasteiger partial charge in [0.05, 0.1) is 6.61 Å². The van der Waals surface area contributed by atoms with Crippen LogP contribution in [0.15, 0.2) is 0 Å². The van der Waals surface area contributed by atoms with E-state index in [2.05, 4.69) is 17.1 Å². The van der Waals surface area contributed by atoms with Crippen molar-refractivity contribution in [1.82, 2.24) is 5.32 Å². The van der Waals surface area contributed by atoms with Crippen LogP contribution < -0.4 is 10.2 Å². The van der Waals surface area contributed by atoms with Crippen LogP contribution in [0.25, 0.3) is 0 Å². The smallest absolute Gasteiger partial charge is 0.216 e. The molecular weight excluding hydrogens is 233 g/mol. The molecule has 0 spiro atoms. The van der Waals surface area contributed by atoms with Crippen LogP contribution in [-0.2, 0) is 21.1 Å². The second kappa shape index (κ2) is 8.22. The van der Waals surface area contributed by atoms with Gasteiger partial charge in [-0.2, -0.15) is 0 Å². The van der Waals surface area contributed by atoms with Crippen molar-refractivity contribution in [2.24, 2.45) is 0 Å². The number of rotatable bonds is 8. The molecule has 4 nitrogen and oxygen atoms in total. The lowest BCUT2D eigenvalue weighted by atomic mass is 10.2. The first kappa shape index (κ1) is 15.0. The first-order valence-corrected chi connectivity index (χ1v) is 8.18. The molecule has 1 amide bonds. The van der Waals surface area contributed by atoms with Crippen LogP contribution in [-0.4, -0.2) is 25.7 Å². The summed E-state index contributed by atoms with van der Waals surface area (Å²) in [5.74, 6) is 0.0105. The van der Waals surface area contributed by atoms with Gasteiger partial charge in [0, 0.05) is 13.5 Å². The van der Waals surface area contributed by atoms with Gasteiger partial charge in [0.25, 0.3) is 0 Å². The molecule has 0 aliphatic heterocycles. The lowest BCUT2D eigenvalue weighted by molar-refractivity contribution is -0.180. The number of carbonyl (C=O) groups excluding carboxylic acids is 1. The van der Waals surface area contributed by atoms with Gasteiger partial charge in [-0.3, -0.25) is 4.79 Å². The zero-order valence-corrected chi connectivity index (χ0v) is 11.0. The largest absolute Gasteiger partial charge is 0.801 e. The Balaban J connectivity index is 3.12. The van der Waals surface area contributed by atoms with Crippen molar-refractivity contribution in [3.8, 4) is 0 Å². The number of amides is 1. The molecule has 15 heavy (non-hydrogen) atoms. The van der Waals surface area contributed by atoms with Crippen LogP contribution in [0.5, 0.6) is 0 Å². The predicted molar refractivity (Wildman–Crippen MR) is 63.3 cm³/mol. The summed E-state index contributed by atoms with van der Waals surface area (Å²) in [7, 11) is 0. The SMILES string of the molecule is CC(=O)NCCCCCCOP(C)([O-])=S. The van der Waals surface area contributed by atoms with Crippen molar-refractivity contribution in [3.63, 3.8) is 0 Å². The summed E-state index contributed by atoms with van der Waals surface area (Å²) >= 11 is 4.62. The Morgan fingerprint density at radius 1 is 1.40 bits per heavy atom. The first-order valence-electron chi connectivity index (χ1n) is 5.09. The molecule has 6 heteroatoms. The van der Waals surface area contributed by atoms with Gasteiger partial charge in [0.2, 0.25) is 5.91 Å². The van der Waals surface area contributed by atoms with E-state index in [4.69, 9.17) is 4.52 Å². The number of hydrogen-bond donors (Lipinski definition) is 1. The molecule has 0 heterocycles. The van der Waals surface area contributed by atoms with Gasteiger partial charge in [0.15, 0.2) is 0 Å². The normalized spacial score (nSPS) is 14.6. The van der Waals surface area contributed by atoms with E-state index in [0.717, 1.165) is 32.2 Å². The topological polar surface area (TPSA) is 61.4 Å². The summed E-state index contributed by atoms with van der Waals surface area (Å²) in [5.41, 5.74) is 0. The van der Waals surface area contributed by atoms with E-state index in [9.17, 15) is 9.69 Å². The van der Waals surface area contributed by atoms with Gasteiger partial charge in [-0.1, -0.05) is 24.6 Å². The third kappa shape index (κ3) is 14.0. The number of carbonyl (C=O) groups is 1. The molecule has 90 valence electrons. The van der Waals surface area contributed by atoms with Crippen LogP contribution in [0.2, 0.25) is 0 Å². The minimum Gasteiger partial charge on any atom is -0.801 e. The second-order valence-electron chi connectivity index (χ2n) is 3.50. The Morgan fingerprint density at radius 3 is 2.53 bits per heavy atom. The first-order chi connectivity index (χ1) is 6.92. The molecule has 0 radical (unpaired) electrons. The highest BCUT2D eigenvalue weighted by Crippen LogP contribution is 2.31. The summed E-state index contributed by atoms with van der Waals surface area (Å²) in [5, 5.41) is 2.73. The number of hydrogen-bond acceptors (Lipinski definition) is 4. The number of nitrogens with one attached hydrogen (secondary N) is 1. The number of unbranched alkanes of at least 4 members (excludes halogenated alkanes) is 3. The molecule has 0 saturated carbocycles. The van der Waals surface area contributed by atoms with Gasteiger partial charge < -0.3 is 14.7 Å².